The van der Waals surface area contributed by atoms with Crippen molar-refractivity contribution < 1.29 is 9.53 Å². The minimum atomic E-state index is -0.106. The summed E-state index contributed by atoms with van der Waals surface area (Å²) in [5.74, 6) is 0.593. The fourth-order valence-electron chi connectivity index (χ4n) is 3.47. The number of aromatic nitrogens is 4. The predicted molar refractivity (Wildman–Crippen MR) is 78.6 cm³/mol. The number of aryl methyl sites for hydroxylation is 1. The summed E-state index contributed by atoms with van der Waals surface area (Å²) in [5, 5.41) is 4.34. The van der Waals surface area contributed by atoms with Crippen LogP contribution in [-0.4, -0.2) is 55.7 Å². The molecular weight excluding hydrogens is 282 g/mol. The number of morpholine rings is 1. The van der Waals surface area contributed by atoms with Crippen LogP contribution < -0.4 is 0 Å². The largest absolute Gasteiger partial charge is 0.374 e. The third kappa shape index (κ3) is 2.16. The van der Waals surface area contributed by atoms with Crippen molar-refractivity contribution in [1.29, 1.82) is 0 Å². The molecule has 1 aliphatic carbocycles. The molecule has 2 aromatic rings. The molecule has 0 unspecified atom stereocenters. The van der Waals surface area contributed by atoms with Crippen LogP contribution in [0.4, 0.5) is 0 Å². The Balaban J connectivity index is 1.65. The molecule has 2 aliphatic rings. The van der Waals surface area contributed by atoms with E-state index >= 15 is 0 Å². The second-order valence-corrected chi connectivity index (χ2v) is 5.99. The molecule has 7 nitrogen and oxygen atoms in total. The van der Waals surface area contributed by atoms with Crippen LogP contribution in [0, 0.1) is 6.92 Å². The van der Waals surface area contributed by atoms with E-state index in [2.05, 4.69) is 15.1 Å². The van der Waals surface area contributed by atoms with Gasteiger partial charge in [0, 0.05) is 18.4 Å². The first-order chi connectivity index (χ1) is 10.7. The molecule has 2 atom stereocenters. The highest BCUT2D eigenvalue weighted by Crippen LogP contribution is 2.29. The van der Waals surface area contributed by atoms with Gasteiger partial charge in [0.1, 0.15) is 0 Å². The average Bonchev–Trinajstić information content (AvgIpc) is 2.99. The van der Waals surface area contributed by atoms with E-state index in [-0.39, 0.29) is 23.9 Å². The molecule has 0 spiro atoms. The molecule has 1 amide bonds. The van der Waals surface area contributed by atoms with E-state index in [0.29, 0.717) is 18.9 Å². The van der Waals surface area contributed by atoms with Crippen LogP contribution in [0.3, 0.4) is 0 Å². The smallest absolute Gasteiger partial charge is 0.294 e. The molecule has 22 heavy (non-hydrogen) atoms. The molecule has 2 fully saturated rings. The minimum Gasteiger partial charge on any atom is -0.374 e. The lowest BCUT2D eigenvalue weighted by Crippen LogP contribution is -2.55. The maximum Gasteiger partial charge on any atom is 0.294 e. The molecule has 116 valence electrons. The van der Waals surface area contributed by atoms with Gasteiger partial charge in [-0.15, -0.1) is 5.10 Å². The molecule has 0 N–H and O–H groups in total. The van der Waals surface area contributed by atoms with Crippen molar-refractivity contribution in [2.75, 3.05) is 13.2 Å². The number of rotatable bonds is 1. The fraction of sp³-hybridized carbons (Fsp3) is 0.600. The van der Waals surface area contributed by atoms with E-state index in [4.69, 9.17) is 4.74 Å². The summed E-state index contributed by atoms with van der Waals surface area (Å²) in [7, 11) is 0. The van der Waals surface area contributed by atoms with Crippen LogP contribution in [0.2, 0.25) is 0 Å². The Hall–Kier alpha value is -2.02. The Morgan fingerprint density at radius 1 is 1.36 bits per heavy atom. The van der Waals surface area contributed by atoms with Gasteiger partial charge in [-0.2, -0.15) is 4.98 Å². The Kier molecular flexibility index (Phi) is 3.29. The third-order valence-corrected chi connectivity index (χ3v) is 4.61. The van der Waals surface area contributed by atoms with Crippen LogP contribution >= 0.6 is 0 Å². The van der Waals surface area contributed by atoms with Gasteiger partial charge in [-0.1, -0.05) is 12.8 Å². The summed E-state index contributed by atoms with van der Waals surface area (Å²) in [6.07, 6.45) is 6.21. The van der Waals surface area contributed by atoms with Gasteiger partial charge in [0.25, 0.3) is 11.7 Å². The molecular formula is C15H19N5O2. The summed E-state index contributed by atoms with van der Waals surface area (Å²) in [6.45, 7) is 3.13. The van der Waals surface area contributed by atoms with Crippen LogP contribution in [0.1, 0.15) is 42.0 Å². The Morgan fingerprint density at radius 2 is 2.23 bits per heavy atom. The predicted octanol–water partition coefficient (Wildman–Crippen LogP) is 1.22. The molecule has 4 rings (SSSR count). The zero-order valence-electron chi connectivity index (χ0n) is 12.6. The van der Waals surface area contributed by atoms with E-state index in [1.807, 2.05) is 17.9 Å². The summed E-state index contributed by atoms with van der Waals surface area (Å²) in [4.78, 5) is 23.2. The number of nitrogens with zero attached hydrogens (tertiary/aromatic N) is 5. The summed E-state index contributed by atoms with van der Waals surface area (Å²) in [6, 6.07) is 2.01. The zero-order chi connectivity index (χ0) is 15.1. The standard InChI is InChI=1S/C15H19N5O2/c1-10-6-7-16-15-17-13(18-20(10)15)14(21)19-8-9-22-12-5-3-2-4-11(12)19/h6-7,11-12H,2-5,8-9H2,1H3/t11-,12+/m0/s1. The summed E-state index contributed by atoms with van der Waals surface area (Å²) >= 11 is 0. The van der Waals surface area contributed by atoms with Crippen molar-refractivity contribution in [2.24, 2.45) is 0 Å². The first-order valence-electron chi connectivity index (χ1n) is 7.85. The van der Waals surface area contributed by atoms with E-state index in [0.717, 1.165) is 25.0 Å². The summed E-state index contributed by atoms with van der Waals surface area (Å²) in [5.41, 5.74) is 0.911. The molecule has 0 aromatic carbocycles. The monoisotopic (exact) mass is 301 g/mol. The number of ether oxygens (including phenoxy) is 1. The lowest BCUT2D eigenvalue weighted by atomic mass is 9.90. The molecule has 0 radical (unpaired) electrons. The topological polar surface area (TPSA) is 72.6 Å². The number of fused-ring (bicyclic) bond motifs is 2. The number of carbonyl (C=O) groups is 1. The highest BCUT2D eigenvalue weighted by atomic mass is 16.5. The molecule has 3 heterocycles. The number of hydrogen-bond donors (Lipinski definition) is 0. The van der Waals surface area contributed by atoms with Gasteiger partial charge in [0.05, 0.1) is 18.8 Å². The van der Waals surface area contributed by atoms with Crippen molar-refractivity contribution in [3.05, 3.63) is 23.8 Å². The second kappa shape index (κ2) is 5.31. The molecule has 0 bridgehead atoms. The van der Waals surface area contributed by atoms with Crippen molar-refractivity contribution >= 4 is 11.7 Å². The normalized spacial score (nSPS) is 25.2. The van der Waals surface area contributed by atoms with E-state index in [9.17, 15) is 4.79 Å². The first kappa shape index (κ1) is 13.6. The number of amides is 1. The van der Waals surface area contributed by atoms with E-state index < -0.39 is 0 Å². The Bertz CT molecular complexity index is 711. The Labute approximate surface area is 128 Å². The highest BCUT2D eigenvalue weighted by Gasteiger charge is 2.38. The van der Waals surface area contributed by atoms with Gasteiger partial charge in [0.15, 0.2) is 0 Å². The van der Waals surface area contributed by atoms with Crippen molar-refractivity contribution in [3.63, 3.8) is 0 Å². The van der Waals surface area contributed by atoms with Crippen molar-refractivity contribution in [3.8, 4) is 0 Å². The first-order valence-corrected chi connectivity index (χ1v) is 7.85. The van der Waals surface area contributed by atoms with Gasteiger partial charge in [-0.25, -0.2) is 9.50 Å². The molecule has 1 saturated carbocycles. The molecule has 7 heteroatoms. The van der Waals surface area contributed by atoms with E-state index in [1.54, 1.807) is 10.7 Å². The second-order valence-electron chi connectivity index (χ2n) is 5.99. The number of hydrogen-bond acceptors (Lipinski definition) is 5. The third-order valence-electron chi connectivity index (χ3n) is 4.61. The lowest BCUT2D eigenvalue weighted by molar-refractivity contribution is -0.0755. The minimum absolute atomic E-state index is 0.106. The van der Waals surface area contributed by atoms with Gasteiger partial charge >= 0.3 is 0 Å². The lowest BCUT2D eigenvalue weighted by Gasteiger charge is -2.43. The van der Waals surface area contributed by atoms with Gasteiger partial charge in [-0.05, 0) is 25.8 Å². The van der Waals surface area contributed by atoms with Gasteiger partial charge in [-0.3, -0.25) is 4.79 Å². The molecule has 1 saturated heterocycles. The van der Waals surface area contributed by atoms with Gasteiger partial charge < -0.3 is 9.64 Å². The average molecular weight is 301 g/mol. The number of carbonyl (C=O) groups excluding carboxylic acids is 1. The van der Waals surface area contributed by atoms with Crippen molar-refractivity contribution in [2.45, 2.75) is 44.8 Å². The fourth-order valence-corrected chi connectivity index (χ4v) is 3.47. The summed E-state index contributed by atoms with van der Waals surface area (Å²) < 4.78 is 7.44. The Morgan fingerprint density at radius 3 is 3.09 bits per heavy atom. The van der Waals surface area contributed by atoms with Crippen molar-refractivity contribution in [1.82, 2.24) is 24.5 Å². The van der Waals surface area contributed by atoms with Crippen LogP contribution in [0.25, 0.3) is 5.78 Å². The molecule has 2 aromatic heterocycles. The SMILES string of the molecule is Cc1ccnc2nc(C(=O)N3CCO[C@@H]4CCCC[C@@H]43)nn12. The van der Waals surface area contributed by atoms with Crippen LogP contribution in [-0.2, 0) is 4.74 Å². The van der Waals surface area contributed by atoms with E-state index in [1.165, 1.54) is 6.42 Å². The maximum absolute atomic E-state index is 12.8. The highest BCUT2D eigenvalue weighted by molar-refractivity contribution is 5.91. The zero-order valence-corrected chi connectivity index (χ0v) is 12.6. The van der Waals surface area contributed by atoms with Gasteiger partial charge in [0.2, 0.25) is 5.82 Å². The maximum atomic E-state index is 12.8. The quantitative estimate of drug-likeness (QED) is 0.792. The van der Waals surface area contributed by atoms with Crippen LogP contribution in [0.15, 0.2) is 12.3 Å². The molecule has 1 aliphatic heterocycles. The van der Waals surface area contributed by atoms with Crippen LogP contribution in [0.5, 0.6) is 0 Å².